The van der Waals surface area contributed by atoms with Gasteiger partial charge in [-0.3, -0.25) is 14.7 Å². The molecule has 0 amide bonds. The number of H-pyrrole nitrogens is 2. The number of aromatic amines is 2. The lowest BCUT2D eigenvalue weighted by Crippen LogP contribution is -2.21. The summed E-state index contributed by atoms with van der Waals surface area (Å²) in [6, 6.07) is 1.79. The predicted molar refractivity (Wildman–Crippen MR) is 85.3 cm³/mol. The Morgan fingerprint density at radius 2 is 1.91 bits per heavy atom. The highest BCUT2D eigenvalue weighted by Gasteiger charge is 2.18. The van der Waals surface area contributed by atoms with Gasteiger partial charge in [0.25, 0.3) is 11.5 Å². The van der Waals surface area contributed by atoms with E-state index in [0.717, 1.165) is 4.68 Å². The van der Waals surface area contributed by atoms with Crippen LogP contribution in [0.3, 0.4) is 0 Å². The lowest BCUT2D eigenvalue weighted by molar-refractivity contribution is 0.182. The van der Waals surface area contributed by atoms with Crippen LogP contribution >= 0.6 is 11.6 Å². The quantitative estimate of drug-likeness (QED) is 0.748. The van der Waals surface area contributed by atoms with E-state index in [0.29, 0.717) is 17.1 Å². The minimum absolute atomic E-state index is 0.0658. The fraction of sp³-hybridized carbons (Fsp3) is 0.286. The number of rotatable bonds is 3. The Morgan fingerprint density at radius 1 is 1.26 bits per heavy atom. The topological polar surface area (TPSA) is 106 Å². The van der Waals surface area contributed by atoms with Crippen LogP contribution in [0.25, 0.3) is 17.0 Å². The van der Waals surface area contributed by atoms with Crippen molar-refractivity contribution in [2.45, 2.75) is 20.5 Å². The Labute approximate surface area is 135 Å². The number of aromatic nitrogens is 5. The summed E-state index contributed by atoms with van der Waals surface area (Å²) in [4.78, 5) is 36.2. The summed E-state index contributed by atoms with van der Waals surface area (Å²) in [7, 11) is 1.48. The van der Waals surface area contributed by atoms with Crippen LogP contribution in [0.5, 0.6) is 0 Å². The molecular weight excluding hydrogens is 322 g/mol. The highest BCUT2D eigenvalue weighted by Crippen LogP contribution is 2.14. The maximum Gasteiger partial charge on any atom is 0.287 e. The number of halogens is 1. The molecule has 0 aliphatic rings. The molecule has 3 aromatic rings. The van der Waals surface area contributed by atoms with Gasteiger partial charge in [-0.25, -0.2) is 9.97 Å². The highest BCUT2D eigenvalue weighted by molar-refractivity contribution is 6.31. The molecule has 0 saturated carbocycles. The van der Waals surface area contributed by atoms with E-state index in [-0.39, 0.29) is 28.6 Å². The van der Waals surface area contributed by atoms with Crippen LogP contribution in [-0.2, 0) is 11.3 Å². The summed E-state index contributed by atoms with van der Waals surface area (Å²) in [5.41, 5.74) is 0.944. The fourth-order valence-electron chi connectivity index (χ4n) is 2.38. The number of pyridine rings is 1. The van der Waals surface area contributed by atoms with E-state index in [1.54, 1.807) is 19.9 Å². The van der Waals surface area contributed by atoms with Crippen molar-refractivity contribution in [2.75, 3.05) is 7.11 Å². The molecule has 0 atom stereocenters. The van der Waals surface area contributed by atoms with Crippen molar-refractivity contribution < 1.29 is 4.74 Å². The van der Waals surface area contributed by atoms with Crippen molar-refractivity contribution in [1.29, 1.82) is 0 Å². The molecule has 0 radical (unpaired) electrons. The molecule has 2 N–H and O–H groups in total. The van der Waals surface area contributed by atoms with E-state index in [1.165, 1.54) is 7.11 Å². The van der Waals surface area contributed by atoms with Gasteiger partial charge in [0.2, 0.25) is 5.43 Å². The molecule has 3 rings (SSSR count). The highest BCUT2D eigenvalue weighted by atomic mass is 35.5. The summed E-state index contributed by atoms with van der Waals surface area (Å²) >= 11 is 6.01. The van der Waals surface area contributed by atoms with Gasteiger partial charge in [0.05, 0.1) is 12.3 Å². The lowest BCUT2D eigenvalue weighted by atomic mass is 10.3. The molecule has 0 aliphatic carbocycles. The zero-order valence-electron chi connectivity index (χ0n) is 12.7. The molecule has 3 heterocycles. The summed E-state index contributed by atoms with van der Waals surface area (Å²) in [6.07, 6.45) is 0. The summed E-state index contributed by atoms with van der Waals surface area (Å²) in [5.74, 6) is 0.168. The van der Waals surface area contributed by atoms with Crippen molar-refractivity contribution in [3.8, 4) is 5.95 Å². The Morgan fingerprint density at radius 3 is 2.52 bits per heavy atom. The van der Waals surface area contributed by atoms with Crippen molar-refractivity contribution in [1.82, 2.24) is 24.7 Å². The third-order valence-corrected chi connectivity index (χ3v) is 3.72. The first-order valence-electron chi connectivity index (χ1n) is 6.79. The maximum atomic E-state index is 12.5. The number of nitrogens with zero attached hydrogens (tertiary/aromatic N) is 3. The van der Waals surface area contributed by atoms with E-state index >= 15 is 0 Å². The number of fused-ring (bicyclic) bond motifs is 1. The minimum atomic E-state index is -0.558. The van der Waals surface area contributed by atoms with E-state index in [1.807, 2.05) is 0 Å². The second kappa shape index (κ2) is 5.64. The third kappa shape index (κ3) is 2.55. The lowest BCUT2D eigenvalue weighted by Gasteiger charge is -2.03. The second-order valence-corrected chi connectivity index (χ2v) is 5.51. The number of aryl methyl sites for hydroxylation is 2. The number of nitrogens with one attached hydrogen (secondary N) is 2. The van der Waals surface area contributed by atoms with Crippen LogP contribution in [0.2, 0.25) is 5.02 Å². The smallest absolute Gasteiger partial charge is 0.287 e. The molecule has 9 heteroatoms. The van der Waals surface area contributed by atoms with Crippen LogP contribution in [-0.4, -0.2) is 31.8 Å². The largest absolute Gasteiger partial charge is 0.378 e. The van der Waals surface area contributed by atoms with Gasteiger partial charge in [0.1, 0.15) is 16.1 Å². The van der Waals surface area contributed by atoms with Crippen LogP contribution in [0.4, 0.5) is 0 Å². The minimum Gasteiger partial charge on any atom is -0.378 e. The van der Waals surface area contributed by atoms with Crippen molar-refractivity contribution in [3.05, 3.63) is 48.7 Å². The van der Waals surface area contributed by atoms with Gasteiger partial charge in [-0.05, 0) is 19.9 Å². The third-order valence-electron chi connectivity index (χ3n) is 3.32. The SMILES string of the molecule is COCc1[nH]c2[nH]n(-c3nc(C)cc(C)n3)c(=O)c2c(=O)c1Cl. The van der Waals surface area contributed by atoms with Gasteiger partial charge in [-0.1, -0.05) is 11.6 Å². The Bertz CT molecular complexity index is 997. The van der Waals surface area contributed by atoms with Gasteiger partial charge < -0.3 is 9.72 Å². The van der Waals surface area contributed by atoms with Crippen LogP contribution in [0.15, 0.2) is 15.7 Å². The number of ether oxygens (including phenoxy) is 1. The number of hydrogen-bond acceptors (Lipinski definition) is 5. The maximum absolute atomic E-state index is 12.5. The van der Waals surface area contributed by atoms with Crippen LogP contribution in [0, 0.1) is 13.8 Å². The van der Waals surface area contributed by atoms with Gasteiger partial charge in [-0.15, -0.1) is 0 Å². The molecule has 0 aromatic carbocycles. The standard InChI is InChI=1S/C14H14ClN5O3/c1-6-4-7(2)17-14(16-6)20-13(22)9-11(21)10(15)8(5-23-3)18-12(9)19-20/h4H,5H2,1-3H3,(H2,18,19,21). The van der Waals surface area contributed by atoms with Gasteiger partial charge in [-0.2, -0.15) is 4.68 Å². The van der Waals surface area contributed by atoms with Crippen LogP contribution < -0.4 is 11.0 Å². The van der Waals surface area contributed by atoms with Gasteiger partial charge in [0, 0.05) is 18.5 Å². The molecule has 0 saturated heterocycles. The van der Waals surface area contributed by atoms with Crippen molar-refractivity contribution >= 4 is 22.6 Å². The van der Waals surface area contributed by atoms with E-state index in [2.05, 4.69) is 20.1 Å². The Balaban J connectivity index is 2.33. The molecule has 0 bridgehead atoms. The first-order chi connectivity index (χ1) is 10.9. The monoisotopic (exact) mass is 335 g/mol. The normalized spacial score (nSPS) is 11.3. The first kappa shape index (κ1) is 15.4. The van der Waals surface area contributed by atoms with Crippen molar-refractivity contribution in [2.24, 2.45) is 0 Å². The molecule has 0 aliphatic heterocycles. The van der Waals surface area contributed by atoms with Gasteiger partial charge in [0.15, 0.2) is 0 Å². The zero-order valence-corrected chi connectivity index (χ0v) is 13.5. The molecule has 23 heavy (non-hydrogen) atoms. The van der Waals surface area contributed by atoms with E-state index in [4.69, 9.17) is 16.3 Å². The number of hydrogen-bond donors (Lipinski definition) is 2. The van der Waals surface area contributed by atoms with Gasteiger partial charge >= 0.3 is 0 Å². The molecule has 8 nitrogen and oxygen atoms in total. The van der Waals surface area contributed by atoms with Crippen LogP contribution in [0.1, 0.15) is 17.1 Å². The summed E-state index contributed by atoms with van der Waals surface area (Å²) < 4.78 is 6.11. The Kier molecular flexibility index (Phi) is 3.78. The molecule has 0 fully saturated rings. The summed E-state index contributed by atoms with van der Waals surface area (Å²) in [6.45, 7) is 3.71. The molecule has 3 aromatic heterocycles. The molecule has 120 valence electrons. The molecule has 0 spiro atoms. The van der Waals surface area contributed by atoms with E-state index in [9.17, 15) is 9.59 Å². The second-order valence-electron chi connectivity index (χ2n) is 5.13. The first-order valence-corrected chi connectivity index (χ1v) is 7.17. The molecule has 0 unspecified atom stereocenters. The average Bonchev–Trinajstić information content (AvgIpc) is 2.80. The Hall–Kier alpha value is -2.45. The fourth-order valence-corrected chi connectivity index (χ4v) is 2.58. The zero-order chi connectivity index (χ0) is 16.7. The predicted octanol–water partition coefficient (Wildman–Crippen LogP) is 1.21. The van der Waals surface area contributed by atoms with Crippen molar-refractivity contribution in [3.63, 3.8) is 0 Å². The molecular formula is C14H14ClN5O3. The summed E-state index contributed by atoms with van der Waals surface area (Å²) in [5, 5.41) is 2.67. The van der Waals surface area contributed by atoms with E-state index < -0.39 is 11.0 Å². The number of methoxy groups -OCH3 is 1. The average molecular weight is 336 g/mol.